The third-order valence-corrected chi connectivity index (χ3v) is 2.46. The largest absolute Gasteiger partial charge is 0.462 e. The molecule has 1 heterocycles. The molecule has 0 aliphatic heterocycles. The lowest BCUT2D eigenvalue weighted by molar-refractivity contribution is 0.0526. The minimum Gasteiger partial charge on any atom is -0.462 e. The average Bonchev–Trinajstić information content (AvgIpc) is 2.47. The highest BCUT2D eigenvalue weighted by molar-refractivity contribution is 5.90. The van der Waals surface area contributed by atoms with Crippen LogP contribution in [0.25, 0.3) is 0 Å². The van der Waals surface area contributed by atoms with Crippen molar-refractivity contribution in [2.75, 3.05) is 11.9 Å². The second-order valence-electron chi connectivity index (χ2n) is 3.85. The normalized spacial score (nSPS) is 9.95. The van der Waals surface area contributed by atoms with Crippen LogP contribution < -0.4 is 5.32 Å². The van der Waals surface area contributed by atoms with Crippen molar-refractivity contribution in [1.82, 2.24) is 9.97 Å². The van der Waals surface area contributed by atoms with E-state index < -0.39 is 0 Å². The average molecular weight is 257 g/mol. The molecular formula is C14H15N3O2. The van der Waals surface area contributed by atoms with Gasteiger partial charge in [-0.2, -0.15) is 0 Å². The first kappa shape index (κ1) is 13.0. The summed E-state index contributed by atoms with van der Waals surface area (Å²) >= 11 is 0. The molecule has 0 bridgehead atoms. The van der Waals surface area contributed by atoms with Crippen molar-refractivity contribution in [3.8, 4) is 0 Å². The Balaban J connectivity index is 2.01. The summed E-state index contributed by atoms with van der Waals surface area (Å²) in [5.74, 6) is -0.314. The van der Waals surface area contributed by atoms with E-state index in [-0.39, 0.29) is 5.97 Å². The maximum absolute atomic E-state index is 11.6. The number of carbonyl (C=O) groups is 1. The van der Waals surface area contributed by atoms with Gasteiger partial charge < -0.3 is 10.1 Å². The molecule has 0 spiro atoms. The summed E-state index contributed by atoms with van der Waals surface area (Å²) in [7, 11) is 0. The molecule has 0 amide bonds. The van der Waals surface area contributed by atoms with Crippen molar-refractivity contribution < 1.29 is 9.53 Å². The summed E-state index contributed by atoms with van der Waals surface area (Å²) in [5, 5.41) is 3.19. The van der Waals surface area contributed by atoms with Crippen molar-refractivity contribution in [3.05, 3.63) is 54.1 Å². The van der Waals surface area contributed by atoms with Gasteiger partial charge in [-0.1, -0.05) is 6.07 Å². The zero-order valence-electron chi connectivity index (χ0n) is 10.7. The lowest BCUT2D eigenvalue weighted by atomic mass is 10.2. The van der Waals surface area contributed by atoms with Gasteiger partial charge in [0.2, 0.25) is 0 Å². The number of ether oxygens (including phenoxy) is 1. The molecule has 0 unspecified atom stereocenters. The van der Waals surface area contributed by atoms with Gasteiger partial charge in [-0.05, 0) is 25.1 Å². The van der Waals surface area contributed by atoms with Crippen LogP contribution in [-0.2, 0) is 11.3 Å². The van der Waals surface area contributed by atoms with E-state index in [9.17, 15) is 4.79 Å². The molecule has 0 saturated heterocycles. The molecule has 0 atom stereocenters. The van der Waals surface area contributed by atoms with E-state index >= 15 is 0 Å². The fourth-order valence-electron chi connectivity index (χ4n) is 1.58. The van der Waals surface area contributed by atoms with Crippen LogP contribution in [0, 0.1) is 0 Å². The molecule has 2 rings (SSSR count). The Bertz CT molecular complexity index is 543. The molecule has 5 heteroatoms. The number of benzene rings is 1. The van der Waals surface area contributed by atoms with Crippen molar-refractivity contribution >= 4 is 11.7 Å². The Morgan fingerprint density at radius 1 is 1.37 bits per heavy atom. The van der Waals surface area contributed by atoms with E-state index in [2.05, 4.69) is 15.3 Å². The molecular weight excluding hydrogens is 242 g/mol. The van der Waals surface area contributed by atoms with Crippen molar-refractivity contribution in [1.29, 1.82) is 0 Å². The first-order valence-electron chi connectivity index (χ1n) is 6.05. The predicted molar refractivity (Wildman–Crippen MR) is 71.8 cm³/mol. The van der Waals surface area contributed by atoms with E-state index in [1.54, 1.807) is 37.6 Å². The van der Waals surface area contributed by atoms with E-state index in [0.29, 0.717) is 18.7 Å². The van der Waals surface area contributed by atoms with Crippen LogP contribution in [0.2, 0.25) is 0 Å². The molecule has 19 heavy (non-hydrogen) atoms. The van der Waals surface area contributed by atoms with Gasteiger partial charge in [0.1, 0.15) is 0 Å². The zero-order chi connectivity index (χ0) is 13.5. The molecule has 5 nitrogen and oxygen atoms in total. The van der Waals surface area contributed by atoms with Gasteiger partial charge in [0.05, 0.1) is 30.6 Å². The second kappa shape index (κ2) is 6.49. The lowest BCUT2D eigenvalue weighted by Gasteiger charge is -2.07. The molecule has 0 radical (unpaired) electrons. The number of nitrogens with one attached hydrogen (secondary N) is 1. The van der Waals surface area contributed by atoms with Crippen molar-refractivity contribution in [2.24, 2.45) is 0 Å². The Morgan fingerprint density at radius 2 is 2.26 bits per heavy atom. The number of carbonyl (C=O) groups excluding carboxylic acids is 1. The third-order valence-electron chi connectivity index (χ3n) is 2.46. The van der Waals surface area contributed by atoms with Crippen molar-refractivity contribution in [2.45, 2.75) is 13.5 Å². The van der Waals surface area contributed by atoms with Crippen LogP contribution in [0.5, 0.6) is 0 Å². The maximum atomic E-state index is 11.6. The Kier molecular flexibility index (Phi) is 4.44. The summed E-state index contributed by atoms with van der Waals surface area (Å²) < 4.78 is 4.96. The second-order valence-corrected chi connectivity index (χ2v) is 3.85. The number of esters is 1. The van der Waals surface area contributed by atoms with Crippen LogP contribution >= 0.6 is 0 Å². The molecule has 1 N–H and O–H groups in total. The summed E-state index contributed by atoms with van der Waals surface area (Å²) in [4.78, 5) is 19.8. The Morgan fingerprint density at radius 3 is 3.00 bits per heavy atom. The molecule has 0 fully saturated rings. The SMILES string of the molecule is CCOC(=O)c1cccc(NCc2cnccn2)c1. The van der Waals surface area contributed by atoms with Crippen LogP contribution in [0.15, 0.2) is 42.9 Å². The van der Waals surface area contributed by atoms with Gasteiger partial charge >= 0.3 is 5.97 Å². The van der Waals surface area contributed by atoms with Crippen LogP contribution in [0.4, 0.5) is 5.69 Å². The van der Waals surface area contributed by atoms with Crippen LogP contribution in [0.1, 0.15) is 23.0 Å². The third kappa shape index (κ3) is 3.77. The lowest BCUT2D eigenvalue weighted by Crippen LogP contribution is -2.06. The number of anilines is 1. The molecule has 98 valence electrons. The number of hydrogen-bond acceptors (Lipinski definition) is 5. The standard InChI is InChI=1S/C14H15N3O2/c1-2-19-14(18)11-4-3-5-12(8-11)17-10-13-9-15-6-7-16-13/h3-9,17H,2,10H2,1H3. The Hall–Kier alpha value is -2.43. The molecule has 1 aromatic carbocycles. The van der Waals surface area contributed by atoms with Gasteiger partial charge in [0.25, 0.3) is 0 Å². The molecule has 0 saturated carbocycles. The summed E-state index contributed by atoms with van der Waals surface area (Å²) in [6, 6.07) is 7.18. The highest BCUT2D eigenvalue weighted by Crippen LogP contribution is 2.12. The fourth-order valence-corrected chi connectivity index (χ4v) is 1.58. The highest BCUT2D eigenvalue weighted by atomic mass is 16.5. The Labute approximate surface area is 111 Å². The molecule has 1 aromatic heterocycles. The summed E-state index contributed by atoms with van der Waals surface area (Å²) in [6.07, 6.45) is 4.97. The van der Waals surface area contributed by atoms with Crippen molar-refractivity contribution in [3.63, 3.8) is 0 Å². The van der Waals surface area contributed by atoms with Gasteiger partial charge in [0, 0.05) is 18.1 Å². The monoisotopic (exact) mass is 257 g/mol. The number of rotatable bonds is 5. The number of hydrogen-bond donors (Lipinski definition) is 1. The predicted octanol–water partition coefficient (Wildman–Crippen LogP) is 2.27. The minimum atomic E-state index is -0.314. The molecule has 0 aliphatic rings. The quantitative estimate of drug-likeness (QED) is 0.832. The smallest absolute Gasteiger partial charge is 0.338 e. The topological polar surface area (TPSA) is 64.1 Å². The van der Waals surface area contributed by atoms with Gasteiger partial charge in [0.15, 0.2) is 0 Å². The molecule has 2 aromatic rings. The summed E-state index contributed by atoms with van der Waals surface area (Å²) in [6.45, 7) is 2.71. The van der Waals surface area contributed by atoms with Gasteiger partial charge in [-0.3, -0.25) is 9.97 Å². The molecule has 0 aliphatic carbocycles. The maximum Gasteiger partial charge on any atom is 0.338 e. The number of nitrogens with zero attached hydrogens (tertiary/aromatic N) is 2. The first-order valence-corrected chi connectivity index (χ1v) is 6.05. The van der Waals surface area contributed by atoms with E-state index in [1.807, 2.05) is 12.1 Å². The number of aromatic nitrogens is 2. The van der Waals surface area contributed by atoms with E-state index in [4.69, 9.17) is 4.74 Å². The van der Waals surface area contributed by atoms with Crippen LogP contribution in [-0.4, -0.2) is 22.5 Å². The highest BCUT2D eigenvalue weighted by Gasteiger charge is 2.06. The summed E-state index contributed by atoms with van der Waals surface area (Å²) in [5.41, 5.74) is 2.21. The minimum absolute atomic E-state index is 0.314. The first-order chi connectivity index (χ1) is 9.29. The van der Waals surface area contributed by atoms with Gasteiger partial charge in [-0.15, -0.1) is 0 Å². The fraction of sp³-hybridized carbons (Fsp3) is 0.214. The van der Waals surface area contributed by atoms with E-state index in [1.165, 1.54) is 0 Å². The van der Waals surface area contributed by atoms with Crippen LogP contribution in [0.3, 0.4) is 0 Å². The van der Waals surface area contributed by atoms with Gasteiger partial charge in [-0.25, -0.2) is 4.79 Å². The zero-order valence-corrected chi connectivity index (χ0v) is 10.7. The van der Waals surface area contributed by atoms with E-state index in [0.717, 1.165) is 11.4 Å².